The third kappa shape index (κ3) is 3.87. The minimum atomic E-state index is 0.0889. The lowest BCUT2D eigenvalue weighted by atomic mass is 9.98. The van der Waals surface area contributed by atoms with Crippen molar-refractivity contribution in [2.75, 3.05) is 26.3 Å². The molecule has 1 heterocycles. The predicted molar refractivity (Wildman–Crippen MR) is 91.9 cm³/mol. The average molecular weight is 309 g/mol. The quantitative estimate of drug-likeness (QED) is 0.811. The largest absolute Gasteiger partial charge is 0.379 e. The van der Waals surface area contributed by atoms with E-state index < -0.39 is 0 Å². The summed E-state index contributed by atoms with van der Waals surface area (Å²) in [7, 11) is 0. The predicted octanol–water partition coefficient (Wildman–Crippen LogP) is 3.37. The lowest BCUT2D eigenvalue weighted by molar-refractivity contribution is 0.0342. The molecule has 3 nitrogen and oxygen atoms in total. The first-order valence-electron chi connectivity index (χ1n) is 8.14. The van der Waals surface area contributed by atoms with Crippen molar-refractivity contribution in [1.82, 2.24) is 4.90 Å². The molecule has 0 amide bonds. The number of benzene rings is 2. The molecule has 3 rings (SSSR count). The molecule has 3 heteroatoms. The first-order chi connectivity index (χ1) is 11.1. The van der Waals surface area contributed by atoms with Gasteiger partial charge >= 0.3 is 0 Å². The van der Waals surface area contributed by atoms with Gasteiger partial charge in [0, 0.05) is 30.8 Å². The van der Waals surface area contributed by atoms with Gasteiger partial charge in [0.2, 0.25) is 0 Å². The molecule has 0 saturated carbocycles. The molecule has 0 aromatic heterocycles. The first-order valence-corrected chi connectivity index (χ1v) is 8.14. The van der Waals surface area contributed by atoms with Gasteiger partial charge in [-0.2, -0.15) is 0 Å². The highest BCUT2D eigenvalue weighted by atomic mass is 16.5. The van der Waals surface area contributed by atoms with Gasteiger partial charge in [-0.1, -0.05) is 36.4 Å². The van der Waals surface area contributed by atoms with Gasteiger partial charge in [0.1, 0.15) is 0 Å². The van der Waals surface area contributed by atoms with E-state index in [-0.39, 0.29) is 5.78 Å². The highest BCUT2D eigenvalue weighted by molar-refractivity contribution is 6.09. The standard InChI is InChI=1S/C20H23NO2/c1-15-3-6-19(13-16(15)2)20(22)18-7-4-17(5-8-18)14-21-9-11-23-12-10-21/h3-8,13H,9-12,14H2,1-2H3. The van der Waals surface area contributed by atoms with Crippen molar-refractivity contribution in [2.24, 2.45) is 0 Å². The van der Waals surface area contributed by atoms with Crippen LogP contribution in [0.5, 0.6) is 0 Å². The Balaban J connectivity index is 1.70. The lowest BCUT2D eigenvalue weighted by Crippen LogP contribution is -2.35. The van der Waals surface area contributed by atoms with E-state index in [1.165, 1.54) is 11.1 Å². The van der Waals surface area contributed by atoms with E-state index in [1.807, 2.05) is 37.3 Å². The number of hydrogen-bond acceptors (Lipinski definition) is 3. The van der Waals surface area contributed by atoms with Crippen LogP contribution in [-0.4, -0.2) is 37.0 Å². The van der Waals surface area contributed by atoms with Gasteiger partial charge in [0.25, 0.3) is 0 Å². The Kier molecular flexibility index (Phi) is 4.89. The second kappa shape index (κ2) is 7.07. The third-order valence-electron chi connectivity index (χ3n) is 4.50. The topological polar surface area (TPSA) is 29.5 Å². The summed E-state index contributed by atoms with van der Waals surface area (Å²) in [6.07, 6.45) is 0. The first kappa shape index (κ1) is 15.9. The maximum Gasteiger partial charge on any atom is 0.193 e. The van der Waals surface area contributed by atoms with Gasteiger partial charge in [-0.05, 0) is 36.6 Å². The van der Waals surface area contributed by atoms with E-state index in [9.17, 15) is 4.79 Å². The van der Waals surface area contributed by atoms with E-state index in [4.69, 9.17) is 4.74 Å². The van der Waals surface area contributed by atoms with Crippen LogP contribution < -0.4 is 0 Å². The molecule has 0 atom stereocenters. The van der Waals surface area contributed by atoms with E-state index in [0.717, 1.165) is 49.5 Å². The highest BCUT2D eigenvalue weighted by Crippen LogP contribution is 2.16. The number of morpholine rings is 1. The van der Waals surface area contributed by atoms with E-state index in [0.29, 0.717) is 0 Å². The highest BCUT2D eigenvalue weighted by Gasteiger charge is 2.12. The number of aryl methyl sites for hydroxylation is 2. The summed E-state index contributed by atoms with van der Waals surface area (Å²) in [4.78, 5) is 15.0. The molecule has 120 valence electrons. The Hall–Kier alpha value is -1.97. The van der Waals surface area contributed by atoms with Gasteiger partial charge in [0.15, 0.2) is 5.78 Å². The molecule has 2 aromatic rings. The fourth-order valence-corrected chi connectivity index (χ4v) is 2.83. The van der Waals surface area contributed by atoms with Crippen LogP contribution in [-0.2, 0) is 11.3 Å². The number of ketones is 1. The van der Waals surface area contributed by atoms with Gasteiger partial charge in [0.05, 0.1) is 13.2 Å². The van der Waals surface area contributed by atoms with Gasteiger partial charge < -0.3 is 4.74 Å². The fourth-order valence-electron chi connectivity index (χ4n) is 2.83. The molecule has 0 unspecified atom stereocenters. The minimum Gasteiger partial charge on any atom is -0.379 e. The molecule has 0 radical (unpaired) electrons. The summed E-state index contributed by atoms with van der Waals surface area (Å²) in [5, 5.41) is 0. The summed E-state index contributed by atoms with van der Waals surface area (Å²) in [6, 6.07) is 13.9. The summed E-state index contributed by atoms with van der Waals surface area (Å²) in [5.74, 6) is 0.0889. The van der Waals surface area contributed by atoms with Crippen LogP contribution in [0, 0.1) is 13.8 Å². The maximum atomic E-state index is 12.6. The second-order valence-corrected chi connectivity index (χ2v) is 6.21. The lowest BCUT2D eigenvalue weighted by Gasteiger charge is -2.26. The number of carbonyl (C=O) groups is 1. The molecule has 0 N–H and O–H groups in total. The van der Waals surface area contributed by atoms with Crippen LogP contribution in [0.15, 0.2) is 42.5 Å². The zero-order chi connectivity index (χ0) is 16.2. The zero-order valence-electron chi connectivity index (χ0n) is 13.8. The number of nitrogens with zero attached hydrogens (tertiary/aromatic N) is 1. The molecular formula is C20H23NO2. The number of carbonyl (C=O) groups excluding carboxylic acids is 1. The van der Waals surface area contributed by atoms with Crippen molar-refractivity contribution in [2.45, 2.75) is 20.4 Å². The van der Waals surface area contributed by atoms with Crippen molar-refractivity contribution in [3.63, 3.8) is 0 Å². The Labute approximate surface area is 137 Å². The van der Waals surface area contributed by atoms with Crippen LogP contribution in [0.3, 0.4) is 0 Å². The molecule has 23 heavy (non-hydrogen) atoms. The van der Waals surface area contributed by atoms with Crippen molar-refractivity contribution < 1.29 is 9.53 Å². The summed E-state index contributed by atoms with van der Waals surface area (Å²) in [5.41, 5.74) is 5.11. The van der Waals surface area contributed by atoms with Crippen LogP contribution in [0.2, 0.25) is 0 Å². The van der Waals surface area contributed by atoms with Crippen LogP contribution in [0.4, 0.5) is 0 Å². The van der Waals surface area contributed by atoms with E-state index in [1.54, 1.807) is 0 Å². The SMILES string of the molecule is Cc1ccc(C(=O)c2ccc(CN3CCOCC3)cc2)cc1C. The van der Waals surface area contributed by atoms with Gasteiger partial charge in [-0.3, -0.25) is 9.69 Å². The summed E-state index contributed by atoms with van der Waals surface area (Å²) in [6.45, 7) is 8.59. The van der Waals surface area contributed by atoms with Crippen LogP contribution in [0.25, 0.3) is 0 Å². The van der Waals surface area contributed by atoms with E-state index in [2.05, 4.69) is 24.0 Å². The van der Waals surface area contributed by atoms with Crippen LogP contribution in [0.1, 0.15) is 32.6 Å². The molecule has 0 spiro atoms. The molecule has 2 aromatic carbocycles. The summed E-state index contributed by atoms with van der Waals surface area (Å²) < 4.78 is 5.37. The third-order valence-corrected chi connectivity index (χ3v) is 4.50. The molecule has 1 fully saturated rings. The van der Waals surface area contributed by atoms with Gasteiger partial charge in [-0.25, -0.2) is 0 Å². The second-order valence-electron chi connectivity index (χ2n) is 6.21. The Morgan fingerprint density at radius 3 is 2.26 bits per heavy atom. The molecule has 1 aliphatic rings. The smallest absolute Gasteiger partial charge is 0.193 e. The minimum absolute atomic E-state index is 0.0889. The number of ether oxygens (including phenoxy) is 1. The van der Waals surface area contributed by atoms with E-state index >= 15 is 0 Å². The van der Waals surface area contributed by atoms with Crippen LogP contribution >= 0.6 is 0 Å². The maximum absolute atomic E-state index is 12.6. The van der Waals surface area contributed by atoms with Crippen molar-refractivity contribution >= 4 is 5.78 Å². The Bertz CT molecular complexity index is 685. The Morgan fingerprint density at radius 2 is 1.61 bits per heavy atom. The van der Waals surface area contributed by atoms with Gasteiger partial charge in [-0.15, -0.1) is 0 Å². The molecule has 0 aliphatic carbocycles. The van der Waals surface area contributed by atoms with Crippen molar-refractivity contribution in [1.29, 1.82) is 0 Å². The molecule has 1 saturated heterocycles. The van der Waals surface area contributed by atoms with Crippen molar-refractivity contribution in [3.05, 3.63) is 70.3 Å². The number of hydrogen-bond donors (Lipinski definition) is 0. The van der Waals surface area contributed by atoms with Crippen molar-refractivity contribution in [3.8, 4) is 0 Å². The normalized spacial score (nSPS) is 15.6. The summed E-state index contributed by atoms with van der Waals surface area (Å²) >= 11 is 0. The number of rotatable bonds is 4. The Morgan fingerprint density at radius 1 is 0.957 bits per heavy atom. The fraction of sp³-hybridized carbons (Fsp3) is 0.350. The average Bonchev–Trinajstić information content (AvgIpc) is 2.58. The zero-order valence-corrected chi connectivity index (χ0v) is 13.8. The molecule has 1 aliphatic heterocycles. The molecule has 0 bridgehead atoms. The monoisotopic (exact) mass is 309 g/mol. The molecular weight excluding hydrogens is 286 g/mol.